The summed E-state index contributed by atoms with van der Waals surface area (Å²) in [7, 11) is -1.59. The number of amides is 2. The Morgan fingerprint density at radius 1 is 1.04 bits per heavy atom. The van der Waals surface area contributed by atoms with E-state index in [4.69, 9.17) is 19.4 Å². The molecule has 2 aliphatic heterocycles. The Labute approximate surface area is 393 Å². The number of benzene rings is 2. The van der Waals surface area contributed by atoms with Crippen LogP contribution in [0.1, 0.15) is 115 Å². The molecule has 4 aromatic rings. The molecule has 4 heterocycles. The highest BCUT2D eigenvalue weighted by Gasteiger charge is 2.61. The number of carbonyl (C=O) groups excluding carboxylic acids is 4. The largest absolute Gasteiger partial charge is 0.460 e. The molecule has 0 bridgehead atoms. The van der Waals surface area contributed by atoms with Crippen molar-refractivity contribution in [2.24, 2.45) is 17.3 Å². The Bertz CT molecular complexity index is 2650. The fraction of sp³-hybridized carbons (Fsp3) is 0.542. The SMILES string of the molecule is CC(C)n1c(O[C@@H]2C[C@H]3C(=O)C[C@]4(C(=O)NS(=O)(=O)N(C)C)C[C@H]4/C=C\CCCCC[C@H](CC(=O)OC(C)(C)C)C(=O)N3C2)nc2c(-c3nc(Cc4cccc(C(F)(F)F)c4)cs3)cccc21. The van der Waals surface area contributed by atoms with Crippen molar-refractivity contribution in [1.29, 1.82) is 0 Å². The van der Waals surface area contributed by atoms with Gasteiger partial charge in [0, 0.05) is 56.3 Å². The summed E-state index contributed by atoms with van der Waals surface area (Å²) in [6.07, 6.45) is 1.84. The van der Waals surface area contributed by atoms with Crippen LogP contribution in [0.15, 0.2) is 60.0 Å². The number of ketones is 1. The lowest BCUT2D eigenvalue weighted by molar-refractivity contribution is -0.159. The lowest BCUT2D eigenvalue weighted by Crippen LogP contribution is -2.47. The minimum Gasteiger partial charge on any atom is -0.460 e. The Kier molecular flexibility index (Phi) is 14.5. The van der Waals surface area contributed by atoms with Gasteiger partial charge in [0.05, 0.1) is 41.2 Å². The van der Waals surface area contributed by atoms with Gasteiger partial charge in [-0.2, -0.15) is 30.9 Å². The van der Waals surface area contributed by atoms with Crippen LogP contribution in [0.5, 0.6) is 6.01 Å². The number of allylic oxidation sites excluding steroid dienone is 2. The van der Waals surface area contributed by atoms with Crippen molar-refractivity contribution in [2.75, 3.05) is 20.6 Å². The van der Waals surface area contributed by atoms with Crippen LogP contribution in [-0.4, -0.2) is 94.1 Å². The predicted octanol–water partition coefficient (Wildman–Crippen LogP) is 8.46. The van der Waals surface area contributed by atoms with Gasteiger partial charge in [0.2, 0.25) is 11.8 Å². The molecule has 7 rings (SSSR count). The van der Waals surface area contributed by atoms with Gasteiger partial charge in [0.25, 0.3) is 6.01 Å². The van der Waals surface area contributed by atoms with Gasteiger partial charge in [-0.05, 0) is 90.0 Å². The molecule has 0 unspecified atom stereocenters. The van der Waals surface area contributed by atoms with E-state index in [9.17, 15) is 40.8 Å². The molecule has 2 aromatic carbocycles. The molecule has 1 saturated heterocycles. The van der Waals surface area contributed by atoms with Crippen molar-refractivity contribution < 1.29 is 50.2 Å². The number of aromatic nitrogens is 3. The monoisotopic (exact) mass is 968 g/mol. The maximum absolute atomic E-state index is 14.8. The van der Waals surface area contributed by atoms with E-state index in [1.54, 1.807) is 26.8 Å². The Morgan fingerprint density at radius 2 is 1.79 bits per heavy atom. The van der Waals surface area contributed by atoms with Crippen LogP contribution in [0.3, 0.4) is 0 Å². The summed E-state index contributed by atoms with van der Waals surface area (Å²) in [5, 5.41) is 2.42. The van der Waals surface area contributed by atoms with E-state index < -0.39 is 80.5 Å². The van der Waals surface area contributed by atoms with E-state index >= 15 is 0 Å². The highest BCUT2D eigenvalue weighted by atomic mass is 32.2. The second-order valence-electron chi connectivity index (χ2n) is 19.4. The Balaban J connectivity index is 1.21. The summed E-state index contributed by atoms with van der Waals surface area (Å²) in [5.74, 6) is -3.36. The molecule has 2 aromatic heterocycles. The smallest absolute Gasteiger partial charge is 0.416 e. The van der Waals surface area contributed by atoms with Crippen LogP contribution in [0.4, 0.5) is 13.2 Å². The molecular weight excluding hydrogens is 910 g/mol. The summed E-state index contributed by atoms with van der Waals surface area (Å²) in [6.45, 7) is 9.15. The number of hydrogen-bond donors (Lipinski definition) is 1. The standard InChI is InChI=1S/C48H59F3N6O8S2/c1-29(2)57-37-20-14-19-36(42-52-34(28-66-42)22-30-15-13-18-32(21-30)48(49,50)51)41(37)53-45(57)64-35-24-38-39(58)26-47(44(61)54-67(62,63)55(6)7)25-33(47)17-12-10-8-9-11-16-31(43(60)56(38)27-35)23-40(59)65-46(3,4)5/h12-15,17-21,28-29,31,33,35,38H,8-11,16,22-27H2,1-7H3,(H,54,61)/b17-12-/t31-,33-,35-,38+,47-/m1/s1. The Morgan fingerprint density at radius 3 is 2.49 bits per heavy atom. The number of esters is 1. The number of nitrogens with zero attached hydrogens (tertiary/aromatic N) is 5. The molecule has 14 nitrogen and oxygen atoms in total. The molecule has 0 radical (unpaired) electrons. The summed E-state index contributed by atoms with van der Waals surface area (Å²) in [6, 6.07) is 9.78. The molecule has 19 heteroatoms. The number of thiazole rings is 1. The number of para-hydroxylation sites is 1. The van der Waals surface area contributed by atoms with E-state index in [-0.39, 0.29) is 50.7 Å². The first-order chi connectivity index (χ1) is 31.5. The number of hydrogen-bond acceptors (Lipinski definition) is 11. The number of halogens is 3. The van der Waals surface area contributed by atoms with Crippen LogP contribution < -0.4 is 9.46 Å². The van der Waals surface area contributed by atoms with Crippen LogP contribution in [-0.2, 0) is 46.7 Å². The van der Waals surface area contributed by atoms with Gasteiger partial charge in [-0.15, -0.1) is 11.3 Å². The van der Waals surface area contributed by atoms with Crippen molar-refractivity contribution in [3.8, 4) is 16.6 Å². The van der Waals surface area contributed by atoms with Gasteiger partial charge in [0.1, 0.15) is 22.2 Å². The molecule has 1 aliphatic carbocycles. The predicted molar refractivity (Wildman–Crippen MR) is 247 cm³/mol. The van der Waals surface area contributed by atoms with Crippen molar-refractivity contribution >= 4 is 56.1 Å². The summed E-state index contributed by atoms with van der Waals surface area (Å²) >= 11 is 1.34. The summed E-state index contributed by atoms with van der Waals surface area (Å²) in [4.78, 5) is 68.0. The lowest BCUT2D eigenvalue weighted by atomic mass is 9.90. The number of nitrogens with one attached hydrogen (secondary N) is 1. The topological polar surface area (TPSA) is 170 Å². The molecule has 3 aliphatic rings. The quantitative estimate of drug-likeness (QED) is 0.114. The molecule has 2 fully saturated rings. The van der Waals surface area contributed by atoms with Gasteiger partial charge >= 0.3 is 22.4 Å². The first-order valence-electron chi connectivity index (χ1n) is 22.7. The fourth-order valence-corrected chi connectivity index (χ4v) is 10.6. The number of Topliss-reactive ketones (excluding diaryl/α,β-unsaturated/α-hetero) is 1. The average Bonchev–Trinajstić information content (AvgIpc) is 3.55. The molecule has 1 saturated carbocycles. The molecule has 0 spiro atoms. The molecule has 5 atom stereocenters. The van der Waals surface area contributed by atoms with Crippen molar-refractivity contribution in [1.82, 2.24) is 28.5 Å². The second-order valence-corrected chi connectivity index (χ2v) is 22.2. The molecular formula is C48H59F3N6O8S2. The van der Waals surface area contributed by atoms with Crippen LogP contribution in [0.2, 0.25) is 0 Å². The summed E-state index contributed by atoms with van der Waals surface area (Å²) < 4.78 is 83.4. The van der Waals surface area contributed by atoms with E-state index in [0.717, 1.165) is 34.8 Å². The zero-order chi connectivity index (χ0) is 48.6. The van der Waals surface area contributed by atoms with Gasteiger partial charge in [-0.3, -0.25) is 23.7 Å². The third-order valence-corrected chi connectivity index (χ3v) is 14.9. The van der Waals surface area contributed by atoms with Crippen LogP contribution in [0, 0.1) is 17.3 Å². The van der Waals surface area contributed by atoms with Crippen LogP contribution >= 0.6 is 11.3 Å². The number of rotatable bonds is 11. The van der Waals surface area contributed by atoms with Gasteiger partial charge in [-0.25, -0.2) is 9.71 Å². The van der Waals surface area contributed by atoms with Crippen molar-refractivity contribution in [3.63, 3.8) is 0 Å². The van der Waals surface area contributed by atoms with Crippen molar-refractivity contribution in [2.45, 2.75) is 129 Å². The summed E-state index contributed by atoms with van der Waals surface area (Å²) in [5.41, 5.74) is 0.169. The van der Waals surface area contributed by atoms with Crippen LogP contribution in [0.25, 0.3) is 21.6 Å². The van der Waals surface area contributed by atoms with Gasteiger partial charge in [-0.1, -0.05) is 49.3 Å². The molecule has 362 valence electrons. The van der Waals surface area contributed by atoms with E-state index in [2.05, 4.69) is 4.72 Å². The number of imidazole rings is 1. The normalized spacial score (nSPS) is 23.7. The fourth-order valence-electron chi connectivity index (χ4n) is 9.10. The van der Waals surface area contributed by atoms with Gasteiger partial charge in [0.15, 0.2) is 5.78 Å². The van der Waals surface area contributed by atoms with Crippen molar-refractivity contribution in [3.05, 3.63) is 76.8 Å². The third-order valence-electron chi connectivity index (χ3n) is 12.6. The molecule has 2 amide bonds. The molecule has 1 N–H and O–H groups in total. The van der Waals surface area contributed by atoms with Gasteiger partial charge < -0.3 is 14.4 Å². The maximum Gasteiger partial charge on any atom is 0.416 e. The average molecular weight is 969 g/mol. The number of fused-ring (bicyclic) bond motifs is 3. The minimum absolute atomic E-state index is 0.0306. The lowest BCUT2D eigenvalue weighted by Gasteiger charge is -2.29. The highest BCUT2D eigenvalue weighted by molar-refractivity contribution is 7.87. The Hall–Kier alpha value is -5.14. The van der Waals surface area contributed by atoms with E-state index in [0.29, 0.717) is 46.6 Å². The molecule has 67 heavy (non-hydrogen) atoms. The highest BCUT2D eigenvalue weighted by Crippen LogP contribution is 2.57. The zero-order valence-corrected chi connectivity index (χ0v) is 40.5. The zero-order valence-electron chi connectivity index (χ0n) is 38.9. The van der Waals surface area contributed by atoms with E-state index in [1.807, 2.05) is 54.1 Å². The first-order valence-corrected chi connectivity index (χ1v) is 25.0. The minimum atomic E-state index is -4.47. The maximum atomic E-state index is 14.8. The first kappa shape index (κ1) is 49.8. The third kappa shape index (κ3) is 11.4. The van der Waals surface area contributed by atoms with E-state index in [1.165, 1.54) is 36.4 Å². The number of alkyl halides is 3. The second kappa shape index (κ2) is 19.5. The number of ether oxygens (including phenoxy) is 2. The number of carbonyl (C=O) groups is 4.